The number of hydrogen-bond donors (Lipinski definition) is 2. The SMILES string of the molecule is C=C[C@@H](OCc1ccc(OC)cc1)[C@H](CO)NC(=O)OCC1c2ccccc2-c2ccccc21. The van der Waals surface area contributed by atoms with E-state index in [4.69, 9.17) is 14.2 Å². The topological polar surface area (TPSA) is 77.0 Å². The highest BCUT2D eigenvalue weighted by Gasteiger charge is 2.29. The largest absolute Gasteiger partial charge is 0.497 e. The average molecular weight is 460 g/mol. The molecule has 0 aromatic heterocycles. The summed E-state index contributed by atoms with van der Waals surface area (Å²) in [6.07, 6.45) is 0.363. The van der Waals surface area contributed by atoms with Crippen LogP contribution in [0.5, 0.6) is 5.75 Å². The molecule has 0 bridgehead atoms. The monoisotopic (exact) mass is 459 g/mol. The minimum absolute atomic E-state index is 0.0350. The number of fused-ring (bicyclic) bond motifs is 3. The molecule has 2 atom stereocenters. The first kappa shape index (κ1) is 23.5. The van der Waals surface area contributed by atoms with E-state index in [0.717, 1.165) is 22.4 Å². The first-order valence-corrected chi connectivity index (χ1v) is 11.2. The van der Waals surface area contributed by atoms with Gasteiger partial charge in [0.2, 0.25) is 0 Å². The van der Waals surface area contributed by atoms with Crippen LogP contribution in [0.15, 0.2) is 85.5 Å². The first-order chi connectivity index (χ1) is 16.6. The van der Waals surface area contributed by atoms with Crippen LogP contribution in [0.1, 0.15) is 22.6 Å². The zero-order chi connectivity index (χ0) is 23.9. The Morgan fingerprint density at radius 1 is 1.03 bits per heavy atom. The van der Waals surface area contributed by atoms with Crippen LogP contribution in [0.3, 0.4) is 0 Å². The number of rotatable bonds is 10. The number of methoxy groups -OCH3 is 1. The van der Waals surface area contributed by atoms with Gasteiger partial charge in [0.25, 0.3) is 0 Å². The van der Waals surface area contributed by atoms with Gasteiger partial charge in [0.05, 0.1) is 32.5 Å². The van der Waals surface area contributed by atoms with Gasteiger partial charge in [-0.3, -0.25) is 0 Å². The molecule has 6 nitrogen and oxygen atoms in total. The standard InChI is InChI=1S/C28H29NO5/c1-3-27(33-17-19-12-14-20(32-2)15-13-19)26(16-30)29-28(31)34-18-25-23-10-6-4-8-21(23)22-9-5-7-11-24(22)25/h3-15,25-27,30H,1,16-18H2,2H3,(H,29,31)/t26-,27+/m0/s1. The van der Waals surface area contributed by atoms with E-state index in [1.54, 1.807) is 13.2 Å². The molecule has 0 saturated carbocycles. The molecule has 1 aliphatic rings. The quantitative estimate of drug-likeness (QED) is 0.431. The van der Waals surface area contributed by atoms with Gasteiger partial charge in [-0.25, -0.2) is 4.79 Å². The fourth-order valence-electron chi connectivity index (χ4n) is 4.29. The minimum Gasteiger partial charge on any atom is -0.497 e. The molecule has 0 aliphatic heterocycles. The van der Waals surface area contributed by atoms with Gasteiger partial charge in [-0.05, 0) is 39.9 Å². The number of benzene rings is 3. The van der Waals surface area contributed by atoms with Crippen LogP contribution in [0.2, 0.25) is 0 Å². The van der Waals surface area contributed by atoms with Gasteiger partial charge in [0, 0.05) is 5.92 Å². The minimum atomic E-state index is -0.689. The molecule has 0 saturated heterocycles. The van der Waals surface area contributed by atoms with E-state index in [9.17, 15) is 9.90 Å². The van der Waals surface area contributed by atoms with Gasteiger partial charge in [-0.2, -0.15) is 0 Å². The van der Waals surface area contributed by atoms with Crippen LogP contribution in [0, 0.1) is 0 Å². The highest BCUT2D eigenvalue weighted by atomic mass is 16.5. The summed E-state index contributed by atoms with van der Waals surface area (Å²) >= 11 is 0. The maximum absolute atomic E-state index is 12.6. The summed E-state index contributed by atoms with van der Waals surface area (Å²) in [6.45, 7) is 3.96. The molecule has 0 spiro atoms. The van der Waals surface area contributed by atoms with Crippen LogP contribution >= 0.6 is 0 Å². The molecular formula is C28H29NO5. The van der Waals surface area contributed by atoms with Crippen molar-refractivity contribution in [3.8, 4) is 16.9 Å². The van der Waals surface area contributed by atoms with Gasteiger partial charge < -0.3 is 24.6 Å². The molecule has 2 N–H and O–H groups in total. The molecule has 176 valence electrons. The van der Waals surface area contributed by atoms with Crippen molar-refractivity contribution in [2.75, 3.05) is 20.3 Å². The molecular weight excluding hydrogens is 430 g/mol. The zero-order valence-electron chi connectivity index (χ0n) is 19.1. The van der Waals surface area contributed by atoms with Crippen molar-refractivity contribution in [2.24, 2.45) is 0 Å². The highest BCUT2D eigenvalue weighted by molar-refractivity contribution is 5.79. The average Bonchev–Trinajstić information content (AvgIpc) is 3.21. The van der Waals surface area contributed by atoms with Crippen LogP contribution in [-0.2, 0) is 16.1 Å². The van der Waals surface area contributed by atoms with Crippen molar-refractivity contribution < 1.29 is 24.1 Å². The number of nitrogens with one attached hydrogen (secondary N) is 1. The second-order valence-corrected chi connectivity index (χ2v) is 8.12. The van der Waals surface area contributed by atoms with E-state index in [1.165, 1.54) is 11.1 Å². The number of amides is 1. The summed E-state index contributed by atoms with van der Waals surface area (Å²) in [4.78, 5) is 12.6. The van der Waals surface area contributed by atoms with Crippen LogP contribution in [0.4, 0.5) is 4.79 Å². The molecule has 0 radical (unpaired) electrons. The number of carbonyl (C=O) groups excluding carboxylic acids is 1. The van der Waals surface area contributed by atoms with E-state index >= 15 is 0 Å². The molecule has 0 unspecified atom stereocenters. The number of alkyl carbamates (subject to hydrolysis) is 1. The number of ether oxygens (including phenoxy) is 3. The van der Waals surface area contributed by atoms with Gasteiger partial charge in [0.1, 0.15) is 12.4 Å². The number of hydrogen-bond acceptors (Lipinski definition) is 5. The maximum atomic E-state index is 12.6. The fourth-order valence-corrected chi connectivity index (χ4v) is 4.29. The van der Waals surface area contributed by atoms with E-state index < -0.39 is 18.2 Å². The smallest absolute Gasteiger partial charge is 0.407 e. The first-order valence-electron chi connectivity index (χ1n) is 11.2. The number of carbonyl (C=O) groups is 1. The molecule has 4 rings (SSSR count). The van der Waals surface area contributed by atoms with E-state index in [-0.39, 0.29) is 19.1 Å². The summed E-state index contributed by atoms with van der Waals surface area (Å²) in [5, 5.41) is 12.6. The molecule has 0 heterocycles. The molecule has 34 heavy (non-hydrogen) atoms. The Morgan fingerprint density at radius 3 is 2.21 bits per heavy atom. The van der Waals surface area contributed by atoms with Crippen molar-refractivity contribution in [3.63, 3.8) is 0 Å². The third kappa shape index (κ3) is 5.14. The molecule has 3 aromatic carbocycles. The maximum Gasteiger partial charge on any atom is 0.407 e. The van der Waals surface area contributed by atoms with Crippen LogP contribution in [0.25, 0.3) is 11.1 Å². The van der Waals surface area contributed by atoms with Gasteiger partial charge >= 0.3 is 6.09 Å². The predicted molar refractivity (Wildman–Crippen MR) is 131 cm³/mol. The summed E-state index contributed by atoms with van der Waals surface area (Å²) in [7, 11) is 1.61. The molecule has 3 aromatic rings. The third-order valence-corrected chi connectivity index (χ3v) is 6.07. The molecule has 0 fully saturated rings. The predicted octanol–water partition coefficient (Wildman–Crippen LogP) is 4.67. The Balaban J connectivity index is 1.35. The Kier molecular flexibility index (Phi) is 7.62. The summed E-state index contributed by atoms with van der Waals surface area (Å²) in [6, 6.07) is 23.1. The molecule has 1 amide bonds. The fraction of sp³-hybridized carbons (Fsp3) is 0.250. The van der Waals surface area contributed by atoms with Crippen molar-refractivity contribution in [3.05, 3.63) is 102 Å². The summed E-state index contributed by atoms with van der Waals surface area (Å²) in [5.74, 6) is 0.724. The Bertz CT molecular complexity index is 1080. The van der Waals surface area contributed by atoms with E-state index in [1.807, 2.05) is 48.5 Å². The van der Waals surface area contributed by atoms with Crippen molar-refractivity contribution in [1.82, 2.24) is 5.32 Å². The molecule has 6 heteroatoms. The lowest BCUT2D eigenvalue weighted by molar-refractivity contribution is 0.0276. The van der Waals surface area contributed by atoms with Gasteiger partial charge in [-0.1, -0.05) is 66.7 Å². The number of aliphatic hydroxyl groups excluding tert-OH is 1. The second-order valence-electron chi connectivity index (χ2n) is 8.12. The van der Waals surface area contributed by atoms with E-state index in [2.05, 4.69) is 36.2 Å². The lowest BCUT2D eigenvalue weighted by atomic mass is 9.98. The lowest BCUT2D eigenvalue weighted by Gasteiger charge is -2.24. The Labute approximate surface area is 199 Å². The second kappa shape index (κ2) is 11.0. The Morgan fingerprint density at radius 2 is 1.65 bits per heavy atom. The van der Waals surface area contributed by atoms with Gasteiger partial charge in [-0.15, -0.1) is 6.58 Å². The summed E-state index contributed by atoms with van der Waals surface area (Å²) < 4.78 is 16.6. The van der Waals surface area contributed by atoms with Crippen molar-refractivity contribution in [2.45, 2.75) is 24.7 Å². The highest BCUT2D eigenvalue weighted by Crippen LogP contribution is 2.44. The van der Waals surface area contributed by atoms with Crippen molar-refractivity contribution in [1.29, 1.82) is 0 Å². The van der Waals surface area contributed by atoms with Crippen LogP contribution < -0.4 is 10.1 Å². The third-order valence-electron chi connectivity index (χ3n) is 6.07. The Hall–Kier alpha value is -3.61. The summed E-state index contributed by atoms with van der Waals surface area (Å²) in [5.41, 5.74) is 5.55. The van der Waals surface area contributed by atoms with Crippen molar-refractivity contribution >= 4 is 6.09 Å². The lowest BCUT2D eigenvalue weighted by Crippen LogP contribution is -2.46. The van der Waals surface area contributed by atoms with E-state index in [0.29, 0.717) is 6.61 Å². The zero-order valence-corrected chi connectivity index (χ0v) is 19.1. The molecule has 1 aliphatic carbocycles. The number of aliphatic hydroxyl groups is 1. The normalized spacial score (nSPS) is 13.9. The van der Waals surface area contributed by atoms with Gasteiger partial charge in [0.15, 0.2) is 0 Å². The van der Waals surface area contributed by atoms with Crippen LogP contribution in [-0.4, -0.2) is 43.7 Å².